The van der Waals surface area contributed by atoms with E-state index in [4.69, 9.17) is 0 Å². The highest BCUT2D eigenvalue weighted by Gasteiger charge is 2.25. The molecule has 0 fully saturated rings. The minimum absolute atomic E-state index is 0.0873. The van der Waals surface area contributed by atoms with Crippen molar-refractivity contribution in [1.29, 1.82) is 0 Å². The quantitative estimate of drug-likeness (QED) is 0.577. The first kappa shape index (κ1) is 17.3. The lowest BCUT2D eigenvalue weighted by atomic mass is 10.0. The molecular formula is C21H20FN3O2. The highest BCUT2D eigenvalue weighted by atomic mass is 19.1. The van der Waals surface area contributed by atoms with E-state index in [9.17, 15) is 14.3 Å². The molecule has 2 aromatic heterocycles. The fourth-order valence-electron chi connectivity index (χ4n) is 4.01. The molecule has 138 valence electrons. The second-order valence-corrected chi connectivity index (χ2v) is 6.92. The van der Waals surface area contributed by atoms with Crippen LogP contribution in [0.5, 0.6) is 0 Å². The van der Waals surface area contributed by atoms with Gasteiger partial charge >= 0.3 is 5.97 Å². The van der Waals surface area contributed by atoms with Gasteiger partial charge in [-0.05, 0) is 50.5 Å². The number of aryl methyl sites for hydroxylation is 4. The Balaban J connectivity index is 2.26. The van der Waals surface area contributed by atoms with Crippen LogP contribution in [0.3, 0.4) is 0 Å². The number of imidazole rings is 2. The molecule has 6 heteroatoms. The van der Waals surface area contributed by atoms with E-state index >= 15 is 0 Å². The van der Waals surface area contributed by atoms with Crippen LogP contribution in [0.1, 0.15) is 39.8 Å². The summed E-state index contributed by atoms with van der Waals surface area (Å²) in [6, 6.07) is 8.59. The molecule has 0 bridgehead atoms. The van der Waals surface area contributed by atoms with E-state index in [0.29, 0.717) is 23.4 Å². The molecule has 0 radical (unpaired) electrons. The Hall–Kier alpha value is -3.15. The fourth-order valence-corrected chi connectivity index (χ4v) is 4.01. The van der Waals surface area contributed by atoms with E-state index in [2.05, 4.69) is 17.1 Å². The molecule has 0 amide bonds. The number of halogens is 1. The van der Waals surface area contributed by atoms with Gasteiger partial charge in [0.15, 0.2) is 5.69 Å². The van der Waals surface area contributed by atoms with Crippen molar-refractivity contribution < 1.29 is 14.3 Å². The maximum atomic E-state index is 14.0. The number of carboxylic acids is 1. The molecule has 0 aliphatic heterocycles. The van der Waals surface area contributed by atoms with Gasteiger partial charge in [-0.2, -0.15) is 0 Å². The Morgan fingerprint density at radius 3 is 2.37 bits per heavy atom. The number of carboxylic acid groups (broad SMARTS) is 1. The molecule has 0 aliphatic rings. The summed E-state index contributed by atoms with van der Waals surface area (Å²) in [4.78, 5) is 16.6. The first-order valence-corrected chi connectivity index (χ1v) is 8.86. The van der Waals surface area contributed by atoms with Crippen molar-refractivity contribution in [2.75, 3.05) is 0 Å². The zero-order chi connectivity index (χ0) is 19.5. The highest BCUT2D eigenvalue weighted by Crippen LogP contribution is 2.32. The van der Waals surface area contributed by atoms with Gasteiger partial charge in [-0.1, -0.05) is 24.6 Å². The van der Waals surface area contributed by atoms with Gasteiger partial charge in [0.2, 0.25) is 5.78 Å². The summed E-state index contributed by atoms with van der Waals surface area (Å²) < 4.78 is 17.5. The van der Waals surface area contributed by atoms with E-state index in [1.807, 2.05) is 32.3 Å². The summed E-state index contributed by atoms with van der Waals surface area (Å²) in [5.74, 6) is -0.998. The zero-order valence-corrected chi connectivity index (χ0v) is 15.7. The lowest BCUT2D eigenvalue weighted by molar-refractivity contribution is 0.0688. The van der Waals surface area contributed by atoms with Crippen LogP contribution in [0.4, 0.5) is 4.39 Å². The van der Waals surface area contributed by atoms with Crippen molar-refractivity contribution in [3.8, 4) is 5.69 Å². The predicted molar refractivity (Wildman–Crippen MR) is 103 cm³/mol. The number of aromatic carboxylic acids is 1. The zero-order valence-electron chi connectivity index (χ0n) is 15.7. The minimum atomic E-state index is -1.07. The van der Waals surface area contributed by atoms with Crippen LogP contribution in [-0.2, 0) is 6.42 Å². The summed E-state index contributed by atoms with van der Waals surface area (Å²) in [7, 11) is 0. The van der Waals surface area contributed by atoms with E-state index in [1.54, 1.807) is 10.5 Å². The molecular weight excluding hydrogens is 345 g/mol. The third-order valence-corrected chi connectivity index (χ3v) is 4.95. The van der Waals surface area contributed by atoms with Gasteiger partial charge in [-0.25, -0.2) is 14.2 Å². The maximum Gasteiger partial charge on any atom is 0.354 e. The van der Waals surface area contributed by atoms with Crippen molar-refractivity contribution in [2.24, 2.45) is 0 Å². The number of fused-ring (bicyclic) bond motifs is 3. The molecule has 0 saturated heterocycles. The van der Waals surface area contributed by atoms with Gasteiger partial charge in [0.1, 0.15) is 5.82 Å². The average molecular weight is 365 g/mol. The fraction of sp³-hybridized carbons (Fsp3) is 0.238. The third kappa shape index (κ3) is 2.44. The van der Waals surface area contributed by atoms with Gasteiger partial charge < -0.3 is 5.11 Å². The molecule has 5 nitrogen and oxygen atoms in total. The molecule has 0 spiro atoms. The lowest BCUT2D eigenvalue weighted by Crippen LogP contribution is -2.04. The smallest absolute Gasteiger partial charge is 0.354 e. The molecule has 2 heterocycles. The van der Waals surface area contributed by atoms with Crippen molar-refractivity contribution >= 4 is 22.8 Å². The SMILES string of the molecule is CCc1nc2n(-c3c(C)cc(C)cc3C)c3ccc(F)cc3n2c1C(=O)O. The Kier molecular flexibility index (Phi) is 3.80. The third-order valence-electron chi connectivity index (χ3n) is 4.95. The average Bonchev–Trinajstić information content (AvgIpc) is 3.09. The molecule has 0 atom stereocenters. The highest BCUT2D eigenvalue weighted by molar-refractivity contribution is 5.93. The van der Waals surface area contributed by atoms with Crippen LogP contribution >= 0.6 is 0 Å². The molecule has 0 unspecified atom stereocenters. The topological polar surface area (TPSA) is 59.5 Å². The van der Waals surface area contributed by atoms with Gasteiger partial charge in [0.25, 0.3) is 0 Å². The van der Waals surface area contributed by atoms with Crippen molar-refractivity contribution in [3.05, 3.63) is 64.2 Å². The van der Waals surface area contributed by atoms with Crippen molar-refractivity contribution in [2.45, 2.75) is 34.1 Å². The van der Waals surface area contributed by atoms with Crippen LogP contribution in [0, 0.1) is 26.6 Å². The molecule has 1 N–H and O–H groups in total. The Labute approximate surface area is 155 Å². The van der Waals surface area contributed by atoms with Crippen molar-refractivity contribution in [1.82, 2.24) is 14.0 Å². The Bertz CT molecular complexity index is 1210. The number of benzene rings is 2. The number of aromatic nitrogens is 3. The first-order chi connectivity index (χ1) is 12.8. The Morgan fingerprint density at radius 2 is 1.78 bits per heavy atom. The predicted octanol–water partition coefficient (Wildman–Crippen LogP) is 4.60. The van der Waals surface area contributed by atoms with Crippen LogP contribution in [0.2, 0.25) is 0 Å². The monoisotopic (exact) mass is 365 g/mol. The lowest BCUT2D eigenvalue weighted by Gasteiger charge is -2.13. The second kappa shape index (κ2) is 5.94. The van der Waals surface area contributed by atoms with Gasteiger partial charge in [0.05, 0.1) is 22.4 Å². The Morgan fingerprint density at radius 1 is 1.11 bits per heavy atom. The molecule has 0 saturated carbocycles. The van der Waals surface area contributed by atoms with Crippen LogP contribution in [0.25, 0.3) is 22.5 Å². The molecule has 0 aliphatic carbocycles. The normalized spacial score (nSPS) is 11.6. The van der Waals surface area contributed by atoms with E-state index in [1.165, 1.54) is 12.1 Å². The summed E-state index contributed by atoms with van der Waals surface area (Å²) in [5.41, 5.74) is 5.98. The molecule has 27 heavy (non-hydrogen) atoms. The number of carbonyl (C=O) groups is 1. The van der Waals surface area contributed by atoms with Gasteiger partial charge in [-0.3, -0.25) is 8.97 Å². The summed E-state index contributed by atoms with van der Waals surface area (Å²) in [6.07, 6.45) is 0.478. The van der Waals surface area contributed by atoms with E-state index in [-0.39, 0.29) is 5.69 Å². The second-order valence-electron chi connectivity index (χ2n) is 6.92. The van der Waals surface area contributed by atoms with Gasteiger partial charge in [0, 0.05) is 6.07 Å². The standard InChI is InChI=1S/C21H20FN3O2/c1-5-15-19(20(26)27)25-17-10-14(22)6-7-16(17)24(21(25)23-15)18-12(3)8-11(2)9-13(18)4/h6-10H,5H2,1-4H3,(H,26,27). The minimum Gasteiger partial charge on any atom is -0.477 e. The number of nitrogens with zero attached hydrogens (tertiary/aromatic N) is 3. The molecule has 4 rings (SSSR count). The number of hydrogen-bond acceptors (Lipinski definition) is 2. The molecule has 2 aromatic carbocycles. The first-order valence-electron chi connectivity index (χ1n) is 8.86. The van der Waals surface area contributed by atoms with Crippen LogP contribution in [0.15, 0.2) is 30.3 Å². The van der Waals surface area contributed by atoms with Crippen LogP contribution < -0.4 is 0 Å². The van der Waals surface area contributed by atoms with Gasteiger partial charge in [-0.15, -0.1) is 0 Å². The summed E-state index contributed by atoms with van der Waals surface area (Å²) >= 11 is 0. The van der Waals surface area contributed by atoms with Crippen molar-refractivity contribution in [3.63, 3.8) is 0 Å². The largest absolute Gasteiger partial charge is 0.477 e. The van der Waals surface area contributed by atoms with E-state index in [0.717, 1.165) is 27.9 Å². The summed E-state index contributed by atoms with van der Waals surface area (Å²) in [5, 5.41) is 9.77. The molecule has 4 aromatic rings. The summed E-state index contributed by atoms with van der Waals surface area (Å²) in [6.45, 7) is 7.94. The van der Waals surface area contributed by atoms with E-state index < -0.39 is 11.8 Å². The number of hydrogen-bond donors (Lipinski definition) is 1. The number of rotatable bonds is 3. The van der Waals surface area contributed by atoms with Crippen LogP contribution in [-0.4, -0.2) is 25.0 Å². The maximum absolute atomic E-state index is 14.0.